The predicted octanol–water partition coefficient (Wildman–Crippen LogP) is 2.63. The summed E-state index contributed by atoms with van der Waals surface area (Å²) < 4.78 is 0. The summed E-state index contributed by atoms with van der Waals surface area (Å²) in [7, 11) is 0. The maximum absolute atomic E-state index is 11.0. The number of aliphatic hydroxyl groups is 1. The number of carbonyl (C=O) groups is 1. The molecule has 4 heteroatoms. The van der Waals surface area contributed by atoms with Crippen LogP contribution in [0.1, 0.15) is 28.5 Å². The number of pyridine rings is 1. The fourth-order valence-corrected chi connectivity index (χ4v) is 2.33. The highest BCUT2D eigenvalue weighted by molar-refractivity contribution is 5.94. The molecule has 0 saturated heterocycles. The normalized spacial score (nSPS) is 14.1. The van der Waals surface area contributed by atoms with Gasteiger partial charge in [0, 0.05) is 11.8 Å². The predicted molar refractivity (Wildman–Crippen MR) is 76.6 cm³/mol. The van der Waals surface area contributed by atoms with Crippen molar-refractivity contribution in [3.05, 3.63) is 65.5 Å². The number of aromatic amines is 1. The number of benzene rings is 1. The number of H-pyrrole nitrogens is 1. The standard InChI is InChI=1S/C16H14N2O2/c1-16(20,12-5-3-2-4-6-12)14-9-13-15(18-14)11(10-19)7-8-17-13/h2-10,18,20H,1H3. The molecule has 1 atom stereocenters. The number of rotatable bonds is 3. The van der Waals surface area contributed by atoms with Crippen molar-refractivity contribution in [2.75, 3.05) is 0 Å². The second-order valence-corrected chi connectivity index (χ2v) is 4.90. The fourth-order valence-electron chi connectivity index (χ4n) is 2.33. The van der Waals surface area contributed by atoms with Crippen molar-refractivity contribution >= 4 is 17.3 Å². The van der Waals surface area contributed by atoms with Crippen molar-refractivity contribution in [3.63, 3.8) is 0 Å². The van der Waals surface area contributed by atoms with Crippen LogP contribution in [0.5, 0.6) is 0 Å². The van der Waals surface area contributed by atoms with Gasteiger partial charge in [0.15, 0.2) is 6.29 Å². The summed E-state index contributed by atoms with van der Waals surface area (Å²) in [6.07, 6.45) is 2.36. The lowest BCUT2D eigenvalue weighted by molar-refractivity contribution is 0.0981. The lowest BCUT2D eigenvalue weighted by Gasteiger charge is -2.22. The number of nitrogens with zero attached hydrogens (tertiary/aromatic N) is 1. The van der Waals surface area contributed by atoms with Crippen LogP contribution in [0.2, 0.25) is 0 Å². The van der Waals surface area contributed by atoms with Crippen LogP contribution in [0.4, 0.5) is 0 Å². The van der Waals surface area contributed by atoms with Gasteiger partial charge in [0.1, 0.15) is 5.60 Å². The number of hydrogen-bond acceptors (Lipinski definition) is 3. The highest BCUT2D eigenvalue weighted by Gasteiger charge is 2.27. The average Bonchev–Trinajstić information content (AvgIpc) is 2.93. The van der Waals surface area contributed by atoms with E-state index in [-0.39, 0.29) is 0 Å². The molecule has 0 fully saturated rings. The van der Waals surface area contributed by atoms with E-state index in [0.717, 1.165) is 11.8 Å². The van der Waals surface area contributed by atoms with Gasteiger partial charge in [-0.1, -0.05) is 30.3 Å². The molecule has 0 spiro atoms. The molecule has 1 aromatic carbocycles. The first-order chi connectivity index (χ1) is 9.63. The van der Waals surface area contributed by atoms with E-state index in [2.05, 4.69) is 9.97 Å². The first-order valence-corrected chi connectivity index (χ1v) is 6.34. The largest absolute Gasteiger partial charge is 0.379 e. The smallest absolute Gasteiger partial charge is 0.152 e. The third-order valence-electron chi connectivity index (χ3n) is 3.54. The second-order valence-electron chi connectivity index (χ2n) is 4.90. The van der Waals surface area contributed by atoms with Crippen molar-refractivity contribution in [2.45, 2.75) is 12.5 Å². The number of nitrogens with one attached hydrogen (secondary N) is 1. The van der Waals surface area contributed by atoms with Gasteiger partial charge in [-0.25, -0.2) is 0 Å². The molecule has 1 unspecified atom stereocenters. The minimum atomic E-state index is -1.16. The van der Waals surface area contributed by atoms with Crippen molar-refractivity contribution < 1.29 is 9.90 Å². The Kier molecular flexibility index (Phi) is 2.88. The van der Waals surface area contributed by atoms with Crippen LogP contribution in [0.15, 0.2) is 48.7 Å². The number of carbonyl (C=O) groups excluding carboxylic acids is 1. The highest BCUT2D eigenvalue weighted by atomic mass is 16.3. The first-order valence-electron chi connectivity index (χ1n) is 6.34. The van der Waals surface area contributed by atoms with Crippen LogP contribution in [0.25, 0.3) is 11.0 Å². The molecule has 4 nitrogen and oxygen atoms in total. The summed E-state index contributed by atoms with van der Waals surface area (Å²) in [5.41, 5.74) is 2.07. The summed E-state index contributed by atoms with van der Waals surface area (Å²) in [5.74, 6) is 0. The molecule has 2 N–H and O–H groups in total. The summed E-state index contributed by atoms with van der Waals surface area (Å²) in [5, 5.41) is 10.8. The molecule has 0 aliphatic carbocycles. The van der Waals surface area contributed by atoms with Crippen LogP contribution < -0.4 is 0 Å². The SMILES string of the molecule is CC(O)(c1ccccc1)c1cc2nccc(C=O)c2[nH]1. The molecule has 0 saturated carbocycles. The lowest BCUT2D eigenvalue weighted by Crippen LogP contribution is -2.23. The van der Waals surface area contributed by atoms with E-state index in [0.29, 0.717) is 22.3 Å². The quantitative estimate of drug-likeness (QED) is 0.716. The molecule has 0 aliphatic heterocycles. The average molecular weight is 266 g/mol. The van der Waals surface area contributed by atoms with Crippen molar-refractivity contribution in [1.29, 1.82) is 0 Å². The molecule has 20 heavy (non-hydrogen) atoms. The van der Waals surface area contributed by atoms with Crippen LogP contribution in [-0.2, 0) is 5.60 Å². The van der Waals surface area contributed by atoms with E-state index in [9.17, 15) is 9.90 Å². The minimum absolute atomic E-state index is 0.533. The molecule has 3 rings (SSSR count). The monoisotopic (exact) mass is 266 g/mol. The summed E-state index contributed by atoms with van der Waals surface area (Å²) in [6.45, 7) is 1.72. The van der Waals surface area contributed by atoms with Crippen molar-refractivity contribution in [3.8, 4) is 0 Å². The number of fused-ring (bicyclic) bond motifs is 1. The van der Waals surface area contributed by atoms with Gasteiger partial charge in [-0.15, -0.1) is 0 Å². The number of aldehydes is 1. The minimum Gasteiger partial charge on any atom is -0.379 e. The maximum Gasteiger partial charge on any atom is 0.152 e. The van der Waals surface area contributed by atoms with E-state index in [1.807, 2.05) is 30.3 Å². The van der Waals surface area contributed by atoms with E-state index in [4.69, 9.17) is 0 Å². The van der Waals surface area contributed by atoms with Crippen LogP contribution >= 0.6 is 0 Å². The van der Waals surface area contributed by atoms with Crippen molar-refractivity contribution in [1.82, 2.24) is 9.97 Å². The van der Waals surface area contributed by atoms with Gasteiger partial charge in [-0.05, 0) is 24.6 Å². The zero-order valence-electron chi connectivity index (χ0n) is 11.0. The Bertz CT molecular complexity index is 761. The molecule has 2 aromatic heterocycles. The maximum atomic E-state index is 11.0. The molecule has 2 heterocycles. The van der Waals surface area contributed by atoms with E-state index >= 15 is 0 Å². The van der Waals surface area contributed by atoms with Gasteiger partial charge in [0.05, 0.1) is 16.7 Å². The van der Waals surface area contributed by atoms with Crippen molar-refractivity contribution in [2.24, 2.45) is 0 Å². The zero-order chi connectivity index (χ0) is 14.2. The number of aromatic nitrogens is 2. The summed E-state index contributed by atoms with van der Waals surface area (Å²) >= 11 is 0. The third kappa shape index (κ3) is 1.90. The molecular formula is C16H14N2O2. The molecule has 0 bridgehead atoms. The lowest BCUT2D eigenvalue weighted by atomic mass is 9.93. The van der Waals surface area contributed by atoms with Gasteiger partial charge in [0.25, 0.3) is 0 Å². The van der Waals surface area contributed by atoms with Crippen LogP contribution in [-0.4, -0.2) is 21.4 Å². The van der Waals surface area contributed by atoms with E-state index in [1.165, 1.54) is 0 Å². The van der Waals surface area contributed by atoms with Gasteiger partial charge in [-0.2, -0.15) is 0 Å². The molecule has 0 aliphatic rings. The fraction of sp³-hybridized carbons (Fsp3) is 0.125. The summed E-state index contributed by atoms with van der Waals surface area (Å²) in [6, 6.07) is 12.8. The van der Waals surface area contributed by atoms with Gasteiger partial charge in [-0.3, -0.25) is 9.78 Å². The Hall–Kier alpha value is -2.46. The van der Waals surface area contributed by atoms with E-state index < -0.39 is 5.60 Å². The topological polar surface area (TPSA) is 66.0 Å². The van der Waals surface area contributed by atoms with Gasteiger partial charge in [0.2, 0.25) is 0 Å². The Labute approximate surface area is 116 Å². The van der Waals surface area contributed by atoms with E-state index in [1.54, 1.807) is 25.3 Å². The molecule has 0 radical (unpaired) electrons. The number of hydrogen-bond donors (Lipinski definition) is 2. The molecule has 0 amide bonds. The van der Waals surface area contributed by atoms with Crippen LogP contribution in [0, 0.1) is 0 Å². The summed E-state index contributed by atoms with van der Waals surface area (Å²) in [4.78, 5) is 18.4. The Morgan fingerprint density at radius 2 is 2.00 bits per heavy atom. The van der Waals surface area contributed by atoms with Gasteiger partial charge >= 0.3 is 0 Å². The Balaban J connectivity index is 2.17. The third-order valence-corrected chi connectivity index (χ3v) is 3.54. The van der Waals surface area contributed by atoms with Crippen LogP contribution in [0.3, 0.4) is 0 Å². The molecule has 100 valence electrons. The zero-order valence-corrected chi connectivity index (χ0v) is 11.0. The second kappa shape index (κ2) is 4.58. The molecule has 3 aromatic rings. The van der Waals surface area contributed by atoms with Gasteiger partial charge < -0.3 is 10.1 Å². The molecular weight excluding hydrogens is 252 g/mol. The Morgan fingerprint density at radius 3 is 2.70 bits per heavy atom. The Morgan fingerprint density at radius 1 is 1.25 bits per heavy atom. The highest BCUT2D eigenvalue weighted by Crippen LogP contribution is 2.30. The first kappa shape index (κ1) is 12.6.